The van der Waals surface area contributed by atoms with E-state index in [1.807, 2.05) is 6.07 Å². The first-order valence-corrected chi connectivity index (χ1v) is 6.58. The third kappa shape index (κ3) is 2.54. The largest absolute Gasteiger partial charge is 0.380 e. The Bertz CT molecular complexity index is 416. The van der Waals surface area contributed by atoms with Crippen LogP contribution >= 0.6 is 15.9 Å². The van der Waals surface area contributed by atoms with Crippen LogP contribution in [0.2, 0.25) is 0 Å². The van der Waals surface area contributed by atoms with Gasteiger partial charge >= 0.3 is 0 Å². The maximum Gasteiger partial charge on any atom is 0.142 e. The van der Waals surface area contributed by atoms with Crippen LogP contribution in [0.1, 0.15) is 30.9 Å². The van der Waals surface area contributed by atoms with E-state index in [0.29, 0.717) is 11.1 Å². The Hall–Kier alpha value is -0.450. The molecule has 0 spiro atoms. The Morgan fingerprint density at radius 3 is 2.88 bits per heavy atom. The minimum Gasteiger partial charge on any atom is -0.380 e. The Morgan fingerprint density at radius 2 is 2.29 bits per heavy atom. The molecule has 94 valence electrons. The number of ether oxygens (including phenoxy) is 1. The second-order valence-electron chi connectivity index (χ2n) is 4.73. The van der Waals surface area contributed by atoms with Crippen molar-refractivity contribution in [3.63, 3.8) is 0 Å². The highest BCUT2D eigenvalue weighted by Gasteiger charge is 2.33. The van der Waals surface area contributed by atoms with Gasteiger partial charge in [0.25, 0.3) is 0 Å². The highest BCUT2D eigenvalue weighted by atomic mass is 79.9. The van der Waals surface area contributed by atoms with Crippen LogP contribution in [0.15, 0.2) is 16.6 Å². The lowest BCUT2D eigenvalue weighted by Gasteiger charge is -2.26. The fraction of sp³-hybridized carbons (Fsp3) is 0.538. The fourth-order valence-corrected chi connectivity index (χ4v) is 2.93. The molecule has 1 fully saturated rings. The average Bonchev–Trinajstić information content (AvgIpc) is 2.72. The lowest BCUT2D eigenvalue weighted by molar-refractivity contribution is 0.184. The molecule has 0 aromatic heterocycles. The zero-order valence-electron chi connectivity index (χ0n) is 10.1. The Kier molecular flexibility index (Phi) is 3.85. The van der Waals surface area contributed by atoms with Crippen molar-refractivity contribution in [2.45, 2.75) is 31.9 Å². The molecule has 1 aromatic carbocycles. The molecule has 1 N–H and O–H groups in total. The summed E-state index contributed by atoms with van der Waals surface area (Å²) in [5, 5.41) is 3.38. The number of benzene rings is 1. The molecule has 1 heterocycles. The van der Waals surface area contributed by atoms with Crippen LogP contribution in [-0.4, -0.2) is 13.7 Å². The molecule has 1 atom stereocenters. The van der Waals surface area contributed by atoms with Crippen molar-refractivity contribution in [1.82, 2.24) is 5.32 Å². The van der Waals surface area contributed by atoms with Crippen molar-refractivity contribution in [2.24, 2.45) is 0 Å². The van der Waals surface area contributed by atoms with Gasteiger partial charge in [0.05, 0.1) is 11.1 Å². The molecule has 0 saturated carbocycles. The van der Waals surface area contributed by atoms with Crippen molar-refractivity contribution in [1.29, 1.82) is 0 Å². The van der Waals surface area contributed by atoms with E-state index in [4.69, 9.17) is 4.74 Å². The van der Waals surface area contributed by atoms with E-state index in [9.17, 15) is 4.39 Å². The number of hydrogen-bond donors (Lipinski definition) is 1. The Morgan fingerprint density at radius 1 is 1.53 bits per heavy atom. The smallest absolute Gasteiger partial charge is 0.142 e. The molecule has 17 heavy (non-hydrogen) atoms. The summed E-state index contributed by atoms with van der Waals surface area (Å²) < 4.78 is 19.8. The van der Waals surface area contributed by atoms with Crippen LogP contribution in [-0.2, 0) is 16.9 Å². The maximum atomic E-state index is 14.2. The first-order chi connectivity index (χ1) is 8.07. The van der Waals surface area contributed by atoms with Gasteiger partial charge in [0.1, 0.15) is 5.82 Å². The van der Waals surface area contributed by atoms with E-state index in [0.717, 1.165) is 30.5 Å². The molecular weight excluding hydrogens is 285 g/mol. The predicted molar refractivity (Wildman–Crippen MR) is 69.4 cm³/mol. The molecule has 1 unspecified atom stereocenters. The maximum absolute atomic E-state index is 14.2. The summed E-state index contributed by atoms with van der Waals surface area (Å²) in [7, 11) is 1.65. The zero-order chi connectivity index (χ0) is 12.5. The molecule has 4 heteroatoms. The third-order valence-corrected chi connectivity index (χ3v) is 3.94. The molecule has 1 saturated heterocycles. The van der Waals surface area contributed by atoms with Gasteiger partial charge < -0.3 is 10.1 Å². The third-order valence-electron chi connectivity index (χ3n) is 3.36. The van der Waals surface area contributed by atoms with Gasteiger partial charge in [-0.3, -0.25) is 0 Å². The summed E-state index contributed by atoms with van der Waals surface area (Å²) in [6.45, 7) is 3.51. The van der Waals surface area contributed by atoms with Gasteiger partial charge in [0.2, 0.25) is 0 Å². The first kappa shape index (κ1) is 13.0. The lowest BCUT2D eigenvalue weighted by Crippen LogP contribution is -2.34. The van der Waals surface area contributed by atoms with Gasteiger partial charge in [0.15, 0.2) is 0 Å². The molecule has 1 aromatic rings. The normalized spacial score (nSPS) is 24.2. The second-order valence-corrected chi connectivity index (χ2v) is 5.59. The summed E-state index contributed by atoms with van der Waals surface area (Å²) in [5.74, 6) is -0.165. The predicted octanol–water partition coefficient (Wildman–Crippen LogP) is 3.33. The highest BCUT2D eigenvalue weighted by Crippen LogP contribution is 2.35. The summed E-state index contributed by atoms with van der Waals surface area (Å²) in [5.41, 5.74) is 1.47. The van der Waals surface area contributed by atoms with Crippen molar-refractivity contribution < 1.29 is 9.13 Å². The number of hydrogen-bond acceptors (Lipinski definition) is 2. The number of rotatable bonds is 3. The van der Waals surface area contributed by atoms with Crippen LogP contribution in [0, 0.1) is 5.82 Å². The molecule has 2 nitrogen and oxygen atoms in total. The summed E-state index contributed by atoms with van der Waals surface area (Å²) in [4.78, 5) is 0. The van der Waals surface area contributed by atoms with E-state index >= 15 is 0 Å². The van der Waals surface area contributed by atoms with E-state index in [1.54, 1.807) is 13.2 Å². The molecule has 2 rings (SSSR count). The van der Waals surface area contributed by atoms with Crippen molar-refractivity contribution >= 4 is 15.9 Å². The van der Waals surface area contributed by atoms with Gasteiger partial charge in [-0.05, 0) is 59.9 Å². The molecule has 0 radical (unpaired) electrons. The molecule has 0 amide bonds. The van der Waals surface area contributed by atoms with Gasteiger partial charge in [-0.15, -0.1) is 0 Å². The topological polar surface area (TPSA) is 21.3 Å². The van der Waals surface area contributed by atoms with E-state index in [-0.39, 0.29) is 11.4 Å². The van der Waals surface area contributed by atoms with E-state index in [2.05, 4.69) is 28.2 Å². The second kappa shape index (κ2) is 5.04. The summed E-state index contributed by atoms with van der Waals surface area (Å²) in [6.07, 6.45) is 2.05. The minimum absolute atomic E-state index is 0.165. The van der Waals surface area contributed by atoms with Crippen molar-refractivity contribution in [2.75, 3.05) is 13.7 Å². The van der Waals surface area contributed by atoms with Crippen LogP contribution in [0.4, 0.5) is 4.39 Å². The molecule has 0 bridgehead atoms. The Labute approximate surface area is 110 Å². The minimum atomic E-state index is -0.254. The standard InChI is InChI=1S/C13H17BrFNO/c1-13(4-3-5-16-13)10-6-9(8-17-2)7-11(14)12(10)15/h6-7,16H,3-5,8H2,1-2H3. The van der Waals surface area contributed by atoms with Crippen molar-refractivity contribution in [3.8, 4) is 0 Å². The number of methoxy groups -OCH3 is 1. The molecular formula is C13H17BrFNO. The van der Waals surface area contributed by atoms with Gasteiger partial charge in [-0.2, -0.15) is 0 Å². The van der Waals surface area contributed by atoms with Crippen LogP contribution in [0.25, 0.3) is 0 Å². The Balaban J connectivity index is 2.44. The highest BCUT2D eigenvalue weighted by molar-refractivity contribution is 9.10. The van der Waals surface area contributed by atoms with Gasteiger partial charge in [0, 0.05) is 18.2 Å². The average molecular weight is 302 g/mol. The molecule has 1 aliphatic rings. The quantitative estimate of drug-likeness (QED) is 0.924. The monoisotopic (exact) mass is 301 g/mol. The van der Waals surface area contributed by atoms with E-state index in [1.165, 1.54) is 0 Å². The molecule has 0 aliphatic carbocycles. The fourth-order valence-electron chi connectivity index (χ4n) is 2.42. The van der Waals surface area contributed by atoms with Crippen molar-refractivity contribution in [3.05, 3.63) is 33.5 Å². The summed E-state index contributed by atoms with van der Waals surface area (Å²) in [6, 6.07) is 3.68. The summed E-state index contributed by atoms with van der Waals surface area (Å²) >= 11 is 3.28. The number of halogens is 2. The van der Waals surface area contributed by atoms with E-state index < -0.39 is 0 Å². The zero-order valence-corrected chi connectivity index (χ0v) is 11.7. The number of nitrogens with one attached hydrogen (secondary N) is 1. The lowest BCUT2D eigenvalue weighted by atomic mass is 9.89. The van der Waals surface area contributed by atoms with Crippen LogP contribution < -0.4 is 5.32 Å². The van der Waals surface area contributed by atoms with Crippen LogP contribution in [0.3, 0.4) is 0 Å². The van der Waals surface area contributed by atoms with Gasteiger partial charge in [-0.25, -0.2) is 4.39 Å². The van der Waals surface area contributed by atoms with Gasteiger partial charge in [-0.1, -0.05) is 0 Å². The molecule has 1 aliphatic heterocycles. The SMILES string of the molecule is COCc1cc(Br)c(F)c(C2(C)CCCN2)c1. The van der Waals surface area contributed by atoms with Crippen LogP contribution in [0.5, 0.6) is 0 Å². The first-order valence-electron chi connectivity index (χ1n) is 5.79.